The van der Waals surface area contributed by atoms with Gasteiger partial charge in [0.1, 0.15) is 16.8 Å². The van der Waals surface area contributed by atoms with Crippen LogP contribution < -0.4 is 4.90 Å². The normalized spacial score (nSPS) is 13.6. The molecule has 5 heterocycles. The van der Waals surface area contributed by atoms with E-state index in [1.807, 2.05) is 41.4 Å². The number of carbonyl (C=O) groups is 1. The molecule has 1 fully saturated rings. The molecule has 0 aliphatic carbocycles. The van der Waals surface area contributed by atoms with E-state index in [2.05, 4.69) is 21.1 Å². The first kappa shape index (κ1) is 21.8. The number of furan rings is 1. The van der Waals surface area contributed by atoms with E-state index in [0.717, 1.165) is 16.3 Å². The first-order chi connectivity index (χ1) is 17.7. The van der Waals surface area contributed by atoms with Crippen molar-refractivity contribution in [2.45, 2.75) is 0 Å². The van der Waals surface area contributed by atoms with Crippen LogP contribution in [0.3, 0.4) is 0 Å². The third kappa shape index (κ3) is 4.03. The van der Waals surface area contributed by atoms with Crippen molar-refractivity contribution in [2.24, 2.45) is 0 Å². The van der Waals surface area contributed by atoms with Crippen molar-refractivity contribution in [1.82, 2.24) is 24.6 Å². The van der Waals surface area contributed by atoms with Gasteiger partial charge in [-0.2, -0.15) is 15.3 Å². The number of oxazole rings is 1. The number of anilines is 1. The number of thiazole rings is 1. The van der Waals surface area contributed by atoms with Gasteiger partial charge in [-0.15, -0.1) is 11.3 Å². The quantitative estimate of drug-likeness (QED) is 0.357. The van der Waals surface area contributed by atoms with E-state index in [1.54, 1.807) is 33.3 Å². The molecule has 0 saturated carbocycles. The number of carbonyl (C=O) groups excluding carboxylic acids is 1. The first-order valence-electron chi connectivity index (χ1n) is 11.2. The fourth-order valence-corrected chi connectivity index (χ4v) is 4.81. The molecule has 1 aliphatic rings. The van der Waals surface area contributed by atoms with E-state index in [0.29, 0.717) is 43.5 Å². The Kier molecular flexibility index (Phi) is 5.55. The van der Waals surface area contributed by atoms with Gasteiger partial charge >= 0.3 is 0 Å². The largest absolute Gasteiger partial charge is 0.459 e. The van der Waals surface area contributed by atoms with Crippen molar-refractivity contribution in [3.8, 4) is 34.0 Å². The van der Waals surface area contributed by atoms with Gasteiger partial charge in [0.15, 0.2) is 5.76 Å². The molecular formula is C25H19N7O3S. The number of aromatic nitrogens is 4. The van der Waals surface area contributed by atoms with Crippen LogP contribution in [0, 0.1) is 11.3 Å². The van der Waals surface area contributed by atoms with Gasteiger partial charge in [0.25, 0.3) is 11.8 Å². The van der Waals surface area contributed by atoms with Crippen molar-refractivity contribution in [3.05, 3.63) is 77.9 Å². The average Bonchev–Trinajstić information content (AvgIpc) is 3.74. The second-order valence-electron chi connectivity index (χ2n) is 8.09. The lowest BCUT2D eigenvalue weighted by molar-refractivity contribution is 0.0740. The molecule has 1 amide bonds. The molecule has 0 unspecified atom stereocenters. The Morgan fingerprint density at radius 3 is 2.64 bits per heavy atom. The minimum Gasteiger partial charge on any atom is -0.459 e. The third-order valence-electron chi connectivity index (χ3n) is 5.87. The maximum atomic E-state index is 13.1. The predicted molar refractivity (Wildman–Crippen MR) is 132 cm³/mol. The summed E-state index contributed by atoms with van der Waals surface area (Å²) in [6.07, 6.45) is 5.18. The Labute approximate surface area is 209 Å². The minimum atomic E-state index is -0.123. The highest BCUT2D eigenvalue weighted by atomic mass is 32.1. The molecule has 178 valence electrons. The molecule has 10 nitrogen and oxygen atoms in total. The fraction of sp³-hybridized carbons (Fsp3) is 0.160. The van der Waals surface area contributed by atoms with E-state index in [9.17, 15) is 10.1 Å². The van der Waals surface area contributed by atoms with Crippen LogP contribution in [-0.4, -0.2) is 56.7 Å². The number of benzene rings is 1. The molecule has 5 aromatic rings. The Morgan fingerprint density at radius 1 is 1.06 bits per heavy atom. The number of nitriles is 1. The third-order valence-corrected chi connectivity index (χ3v) is 6.77. The molecular weight excluding hydrogens is 478 g/mol. The summed E-state index contributed by atoms with van der Waals surface area (Å²) in [5.41, 5.74) is 2.42. The highest BCUT2D eigenvalue weighted by Gasteiger charge is 2.28. The number of amides is 1. The van der Waals surface area contributed by atoms with Gasteiger partial charge in [0, 0.05) is 43.3 Å². The lowest BCUT2D eigenvalue weighted by Crippen LogP contribution is -2.49. The van der Waals surface area contributed by atoms with E-state index >= 15 is 0 Å². The van der Waals surface area contributed by atoms with Gasteiger partial charge in [0.2, 0.25) is 11.6 Å². The van der Waals surface area contributed by atoms with Crippen LogP contribution in [0.15, 0.2) is 75.3 Å². The second-order valence-corrected chi connectivity index (χ2v) is 8.95. The number of hydrogen-bond donors (Lipinski definition) is 0. The zero-order valence-corrected chi connectivity index (χ0v) is 19.8. The summed E-state index contributed by atoms with van der Waals surface area (Å²) in [7, 11) is 0. The molecule has 11 heteroatoms. The first-order valence-corrected chi connectivity index (χ1v) is 12.1. The topological polar surface area (TPSA) is 117 Å². The summed E-state index contributed by atoms with van der Waals surface area (Å²) in [5, 5.41) is 16.4. The Morgan fingerprint density at radius 2 is 1.89 bits per heavy atom. The molecule has 1 aromatic carbocycles. The molecule has 0 radical (unpaired) electrons. The van der Waals surface area contributed by atoms with E-state index < -0.39 is 0 Å². The monoisotopic (exact) mass is 497 g/mol. The zero-order valence-electron chi connectivity index (χ0n) is 18.9. The van der Waals surface area contributed by atoms with Crippen molar-refractivity contribution in [1.29, 1.82) is 5.26 Å². The van der Waals surface area contributed by atoms with Gasteiger partial charge < -0.3 is 18.6 Å². The summed E-state index contributed by atoms with van der Waals surface area (Å²) in [6, 6.07) is 15.4. The fourth-order valence-electron chi connectivity index (χ4n) is 4.04. The number of nitrogens with zero attached hydrogens (tertiary/aromatic N) is 7. The van der Waals surface area contributed by atoms with Crippen molar-refractivity contribution < 1.29 is 13.6 Å². The number of para-hydroxylation sites is 1. The van der Waals surface area contributed by atoms with Crippen LogP contribution in [0.5, 0.6) is 0 Å². The van der Waals surface area contributed by atoms with Crippen molar-refractivity contribution >= 4 is 23.1 Å². The smallest absolute Gasteiger partial charge is 0.273 e. The lowest BCUT2D eigenvalue weighted by Gasteiger charge is -2.34. The van der Waals surface area contributed by atoms with Gasteiger partial charge in [-0.3, -0.25) is 4.79 Å². The Bertz CT molecular complexity index is 1540. The molecule has 1 saturated heterocycles. The van der Waals surface area contributed by atoms with Gasteiger partial charge in [-0.05, 0) is 24.3 Å². The summed E-state index contributed by atoms with van der Waals surface area (Å²) in [4.78, 5) is 25.6. The lowest BCUT2D eigenvalue weighted by atomic mass is 10.2. The zero-order chi connectivity index (χ0) is 24.5. The second kappa shape index (κ2) is 9.16. The van der Waals surface area contributed by atoms with E-state index in [-0.39, 0.29) is 17.5 Å². The molecule has 6 rings (SSSR count). The molecule has 0 spiro atoms. The number of piperazine rings is 1. The summed E-state index contributed by atoms with van der Waals surface area (Å²) in [6.45, 7) is 1.96. The van der Waals surface area contributed by atoms with Crippen molar-refractivity contribution in [2.75, 3.05) is 31.1 Å². The van der Waals surface area contributed by atoms with E-state index in [1.165, 1.54) is 17.6 Å². The van der Waals surface area contributed by atoms with Gasteiger partial charge in [-0.25, -0.2) is 9.67 Å². The predicted octanol–water partition coefficient (Wildman–Crippen LogP) is 4.08. The maximum Gasteiger partial charge on any atom is 0.273 e. The van der Waals surface area contributed by atoms with Crippen LogP contribution in [0.25, 0.3) is 27.9 Å². The van der Waals surface area contributed by atoms with Crippen LogP contribution >= 0.6 is 11.3 Å². The summed E-state index contributed by atoms with van der Waals surface area (Å²) in [5.74, 6) is 0.986. The number of rotatable bonds is 5. The van der Waals surface area contributed by atoms with Crippen LogP contribution in [0.1, 0.15) is 16.2 Å². The van der Waals surface area contributed by atoms with Crippen LogP contribution in [0.4, 0.5) is 5.88 Å². The Balaban J connectivity index is 1.13. The highest BCUT2D eigenvalue weighted by Crippen LogP contribution is 2.30. The standard InChI is InChI=1S/C25H19N7O3S/c26-13-19-25(35-22(28-19)21-7-4-12-34-21)31-10-8-30(9-11-31)24(33)20-16-36-23(29-20)17-14-27-32(15-17)18-5-2-1-3-6-18/h1-7,12,14-16H,8-11H2. The summed E-state index contributed by atoms with van der Waals surface area (Å²) < 4.78 is 12.9. The van der Waals surface area contributed by atoms with Gasteiger partial charge in [0.05, 0.1) is 18.1 Å². The average molecular weight is 498 g/mol. The molecule has 0 atom stereocenters. The minimum absolute atomic E-state index is 0.123. The van der Waals surface area contributed by atoms with Gasteiger partial charge in [-0.1, -0.05) is 18.2 Å². The molecule has 1 aliphatic heterocycles. The Hall–Kier alpha value is -4.69. The molecule has 0 bridgehead atoms. The maximum absolute atomic E-state index is 13.1. The molecule has 0 N–H and O–H groups in total. The summed E-state index contributed by atoms with van der Waals surface area (Å²) >= 11 is 1.42. The highest BCUT2D eigenvalue weighted by molar-refractivity contribution is 7.13. The van der Waals surface area contributed by atoms with Crippen molar-refractivity contribution in [3.63, 3.8) is 0 Å². The number of hydrogen-bond acceptors (Lipinski definition) is 9. The van der Waals surface area contributed by atoms with E-state index in [4.69, 9.17) is 8.83 Å². The molecule has 4 aromatic heterocycles. The van der Waals surface area contributed by atoms with Crippen LogP contribution in [-0.2, 0) is 0 Å². The molecule has 36 heavy (non-hydrogen) atoms. The van der Waals surface area contributed by atoms with Crippen LogP contribution in [0.2, 0.25) is 0 Å². The SMILES string of the molecule is N#Cc1nc(-c2ccco2)oc1N1CCN(C(=O)c2csc(-c3cnn(-c4ccccc4)c3)n2)CC1.